The predicted octanol–water partition coefficient (Wildman–Crippen LogP) is 3.61. The Morgan fingerprint density at radius 1 is 1.28 bits per heavy atom. The minimum atomic E-state index is 0.122. The molecule has 0 fully saturated rings. The van der Waals surface area contributed by atoms with E-state index >= 15 is 0 Å². The first-order valence-electron chi connectivity index (χ1n) is 5.95. The zero-order valence-corrected chi connectivity index (χ0v) is 11.6. The van der Waals surface area contributed by atoms with Crippen molar-refractivity contribution in [3.05, 3.63) is 35.2 Å². The molecule has 94 valence electrons. The highest BCUT2D eigenvalue weighted by atomic mass is 79.9. The highest BCUT2D eigenvalue weighted by molar-refractivity contribution is 9.09. The summed E-state index contributed by atoms with van der Waals surface area (Å²) < 4.78 is 11.1. The summed E-state index contributed by atoms with van der Waals surface area (Å²) in [7, 11) is 0. The Morgan fingerprint density at radius 2 is 2.11 bits per heavy atom. The number of nitrogens with zero attached hydrogens (tertiary/aromatic N) is 2. The van der Waals surface area contributed by atoms with Crippen molar-refractivity contribution >= 4 is 15.9 Å². The zero-order valence-electron chi connectivity index (χ0n) is 10.0. The summed E-state index contributed by atoms with van der Waals surface area (Å²) in [5, 5.41) is 8.16. The molecule has 1 unspecified atom stereocenters. The van der Waals surface area contributed by atoms with Gasteiger partial charge in [0.2, 0.25) is 11.8 Å². The number of benzene rings is 1. The molecule has 0 amide bonds. The third kappa shape index (κ3) is 2.08. The molecule has 0 N–H and O–H groups in total. The number of fused-ring (bicyclic) bond motifs is 1. The first kappa shape index (κ1) is 11.9. The van der Waals surface area contributed by atoms with Crippen molar-refractivity contribution in [2.45, 2.75) is 31.4 Å². The van der Waals surface area contributed by atoms with E-state index in [0.29, 0.717) is 25.0 Å². The van der Waals surface area contributed by atoms with Crippen molar-refractivity contribution in [2.24, 2.45) is 0 Å². The Balaban J connectivity index is 1.92. The lowest BCUT2D eigenvalue weighted by Crippen LogP contribution is -1.86. The van der Waals surface area contributed by atoms with Crippen LogP contribution >= 0.6 is 15.9 Å². The van der Waals surface area contributed by atoms with Crippen LogP contribution in [0.4, 0.5) is 0 Å². The lowest BCUT2D eigenvalue weighted by Gasteiger charge is -2.00. The van der Waals surface area contributed by atoms with E-state index in [9.17, 15) is 0 Å². The molecule has 0 aliphatic carbocycles. The summed E-state index contributed by atoms with van der Waals surface area (Å²) in [6.07, 6.45) is 0.916. The number of rotatable bonds is 3. The molecule has 2 aromatic rings. The molecular weight excluding hydrogens is 296 g/mol. The summed E-state index contributed by atoms with van der Waals surface area (Å²) in [5.74, 6) is 1.20. The van der Waals surface area contributed by atoms with Gasteiger partial charge in [-0.25, -0.2) is 0 Å². The summed E-state index contributed by atoms with van der Waals surface area (Å²) >= 11 is 3.50. The van der Waals surface area contributed by atoms with Crippen LogP contribution in [-0.2, 0) is 18.0 Å². The van der Waals surface area contributed by atoms with E-state index in [4.69, 9.17) is 9.15 Å². The molecule has 1 aliphatic rings. The van der Waals surface area contributed by atoms with Crippen molar-refractivity contribution in [2.75, 3.05) is 0 Å². The molecule has 4 nitrogen and oxygen atoms in total. The van der Waals surface area contributed by atoms with Crippen LogP contribution in [0.15, 0.2) is 22.6 Å². The smallest absolute Gasteiger partial charge is 0.247 e. The average Bonchev–Trinajstić information content (AvgIpc) is 3.05. The van der Waals surface area contributed by atoms with Crippen molar-refractivity contribution in [3.63, 3.8) is 0 Å². The molecule has 3 rings (SSSR count). The van der Waals surface area contributed by atoms with Gasteiger partial charge >= 0.3 is 0 Å². The van der Waals surface area contributed by atoms with Gasteiger partial charge in [0.05, 0.1) is 18.0 Å². The maximum Gasteiger partial charge on any atom is 0.247 e. The first-order chi connectivity index (χ1) is 8.78. The average molecular weight is 309 g/mol. The van der Waals surface area contributed by atoms with Crippen LogP contribution in [0.3, 0.4) is 0 Å². The lowest BCUT2D eigenvalue weighted by atomic mass is 10.1. The van der Waals surface area contributed by atoms with Crippen LogP contribution in [-0.4, -0.2) is 10.2 Å². The van der Waals surface area contributed by atoms with Gasteiger partial charge in [-0.3, -0.25) is 0 Å². The summed E-state index contributed by atoms with van der Waals surface area (Å²) in [4.78, 5) is 0.122. The number of alkyl halides is 1. The number of halogens is 1. The van der Waals surface area contributed by atoms with E-state index in [1.807, 2.05) is 6.07 Å². The second-order valence-electron chi connectivity index (χ2n) is 4.30. The van der Waals surface area contributed by atoms with Crippen LogP contribution in [0.2, 0.25) is 0 Å². The van der Waals surface area contributed by atoms with Gasteiger partial charge in [0.1, 0.15) is 0 Å². The van der Waals surface area contributed by atoms with Gasteiger partial charge in [-0.2, -0.15) is 0 Å². The number of hydrogen-bond donors (Lipinski definition) is 0. The van der Waals surface area contributed by atoms with Crippen LogP contribution in [0.25, 0.3) is 11.5 Å². The van der Waals surface area contributed by atoms with Crippen LogP contribution in [0.5, 0.6) is 0 Å². The van der Waals surface area contributed by atoms with E-state index < -0.39 is 0 Å². The van der Waals surface area contributed by atoms with E-state index in [0.717, 1.165) is 12.0 Å². The van der Waals surface area contributed by atoms with E-state index in [-0.39, 0.29) is 4.83 Å². The molecule has 1 aliphatic heterocycles. The molecule has 1 aromatic heterocycles. The Kier molecular flexibility index (Phi) is 3.18. The van der Waals surface area contributed by atoms with Crippen LogP contribution < -0.4 is 0 Å². The van der Waals surface area contributed by atoms with Gasteiger partial charge in [-0.15, -0.1) is 10.2 Å². The Hall–Kier alpha value is -1.20. The standard InChI is InChI=1S/C13H13BrN2O2/c1-2-11(14)13-16-15-12(18-13)8-3-4-9-6-17-7-10(9)5-8/h3-5,11H,2,6-7H2,1H3. The molecule has 2 heterocycles. The third-order valence-corrected chi connectivity index (χ3v) is 4.07. The SMILES string of the molecule is CCC(Br)c1nnc(-c2ccc3c(c2)COC3)o1. The molecule has 0 saturated carbocycles. The maximum absolute atomic E-state index is 5.67. The first-order valence-corrected chi connectivity index (χ1v) is 6.87. The second-order valence-corrected chi connectivity index (χ2v) is 5.40. The maximum atomic E-state index is 5.67. The van der Waals surface area contributed by atoms with Crippen LogP contribution in [0.1, 0.15) is 35.2 Å². The highest BCUT2D eigenvalue weighted by Crippen LogP contribution is 2.29. The molecule has 5 heteroatoms. The van der Waals surface area contributed by atoms with Crippen LogP contribution in [0, 0.1) is 0 Å². The zero-order chi connectivity index (χ0) is 12.5. The molecule has 0 bridgehead atoms. The fourth-order valence-electron chi connectivity index (χ4n) is 1.96. The molecular formula is C13H13BrN2O2. The molecule has 18 heavy (non-hydrogen) atoms. The largest absolute Gasteiger partial charge is 0.419 e. The Labute approximate surface area is 113 Å². The Morgan fingerprint density at radius 3 is 2.94 bits per heavy atom. The van der Waals surface area contributed by atoms with Crippen molar-refractivity contribution < 1.29 is 9.15 Å². The lowest BCUT2D eigenvalue weighted by molar-refractivity contribution is 0.134. The summed E-state index contributed by atoms with van der Waals surface area (Å²) in [6.45, 7) is 3.43. The molecule has 0 saturated heterocycles. The molecule has 0 radical (unpaired) electrons. The fraction of sp³-hybridized carbons (Fsp3) is 0.385. The van der Waals surface area contributed by atoms with Gasteiger partial charge < -0.3 is 9.15 Å². The van der Waals surface area contributed by atoms with Crippen molar-refractivity contribution in [1.29, 1.82) is 0 Å². The van der Waals surface area contributed by atoms with Gasteiger partial charge in [-0.1, -0.05) is 28.9 Å². The minimum absolute atomic E-state index is 0.122. The van der Waals surface area contributed by atoms with Crippen molar-refractivity contribution in [3.8, 4) is 11.5 Å². The normalized spacial score (nSPS) is 15.7. The van der Waals surface area contributed by atoms with Gasteiger partial charge in [-0.05, 0) is 29.7 Å². The predicted molar refractivity (Wildman–Crippen MR) is 70.2 cm³/mol. The van der Waals surface area contributed by atoms with E-state index in [1.54, 1.807) is 0 Å². The Bertz CT molecular complexity index is 568. The monoisotopic (exact) mass is 308 g/mol. The second kappa shape index (κ2) is 4.82. The summed E-state index contributed by atoms with van der Waals surface area (Å²) in [5.41, 5.74) is 3.40. The van der Waals surface area contributed by atoms with E-state index in [2.05, 4.69) is 45.2 Å². The molecule has 1 aromatic carbocycles. The molecule has 0 spiro atoms. The number of hydrogen-bond acceptors (Lipinski definition) is 4. The minimum Gasteiger partial charge on any atom is -0.419 e. The number of ether oxygens (including phenoxy) is 1. The third-order valence-electron chi connectivity index (χ3n) is 3.04. The molecule has 1 atom stereocenters. The van der Waals surface area contributed by atoms with Gasteiger partial charge in [0, 0.05) is 5.56 Å². The summed E-state index contributed by atoms with van der Waals surface area (Å²) in [6, 6.07) is 6.13. The quantitative estimate of drug-likeness (QED) is 0.813. The topological polar surface area (TPSA) is 48.2 Å². The van der Waals surface area contributed by atoms with Gasteiger partial charge in [0.15, 0.2) is 0 Å². The van der Waals surface area contributed by atoms with Crippen molar-refractivity contribution in [1.82, 2.24) is 10.2 Å². The highest BCUT2D eigenvalue weighted by Gasteiger charge is 2.17. The van der Waals surface area contributed by atoms with Gasteiger partial charge in [0.25, 0.3) is 0 Å². The fourth-order valence-corrected chi connectivity index (χ4v) is 2.14. The number of aromatic nitrogens is 2. The van der Waals surface area contributed by atoms with E-state index in [1.165, 1.54) is 11.1 Å².